The molecule has 7 heteroatoms. The molecule has 3 rings (SSSR count). The second-order valence-corrected chi connectivity index (χ2v) is 7.48. The van der Waals surface area contributed by atoms with Gasteiger partial charge in [-0.15, -0.1) is 0 Å². The van der Waals surface area contributed by atoms with Gasteiger partial charge in [0.2, 0.25) is 0 Å². The van der Waals surface area contributed by atoms with Crippen molar-refractivity contribution in [2.45, 2.75) is 13.0 Å². The summed E-state index contributed by atoms with van der Waals surface area (Å²) in [6.07, 6.45) is 0.839. The van der Waals surface area contributed by atoms with Crippen LogP contribution in [0.2, 0.25) is 15.1 Å². The molecule has 0 aromatic heterocycles. The first kappa shape index (κ1) is 19.3. The molecule has 0 atom stereocenters. The molecule has 26 heavy (non-hydrogen) atoms. The van der Waals surface area contributed by atoms with Crippen LogP contribution in [0.3, 0.4) is 0 Å². The summed E-state index contributed by atoms with van der Waals surface area (Å²) in [6.45, 7) is 3.62. The summed E-state index contributed by atoms with van der Waals surface area (Å²) < 4.78 is 0. The highest BCUT2D eigenvalue weighted by atomic mass is 35.5. The maximum atomic E-state index is 12.9. The summed E-state index contributed by atoms with van der Waals surface area (Å²) in [4.78, 5) is 16.9. The van der Waals surface area contributed by atoms with E-state index in [1.807, 2.05) is 18.2 Å². The van der Waals surface area contributed by atoms with E-state index >= 15 is 0 Å². The van der Waals surface area contributed by atoms with Gasteiger partial charge in [-0.3, -0.25) is 9.69 Å². The first-order valence-electron chi connectivity index (χ1n) is 8.39. The lowest BCUT2D eigenvalue weighted by Gasteiger charge is -2.23. The van der Waals surface area contributed by atoms with Crippen molar-refractivity contribution in [1.82, 2.24) is 9.80 Å². The molecular weight excluding hydrogens is 395 g/mol. The van der Waals surface area contributed by atoms with E-state index in [9.17, 15) is 9.90 Å². The second kappa shape index (κ2) is 8.49. The summed E-state index contributed by atoms with van der Waals surface area (Å²) in [5.41, 5.74) is 1.22. The molecule has 1 N–H and O–H groups in total. The van der Waals surface area contributed by atoms with E-state index in [2.05, 4.69) is 17.0 Å². The lowest BCUT2D eigenvalue weighted by atomic mass is 10.1. The highest BCUT2D eigenvalue weighted by Crippen LogP contribution is 2.39. The van der Waals surface area contributed by atoms with E-state index in [0.29, 0.717) is 13.1 Å². The fraction of sp³-hybridized carbons (Fsp3) is 0.316. The predicted molar refractivity (Wildman–Crippen MR) is 105 cm³/mol. The third-order valence-electron chi connectivity index (χ3n) is 4.48. The molecule has 1 aliphatic heterocycles. The summed E-state index contributed by atoms with van der Waals surface area (Å²) >= 11 is 18.1. The maximum absolute atomic E-state index is 12.9. The minimum Gasteiger partial charge on any atom is -0.505 e. The van der Waals surface area contributed by atoms with Crippen LogP contribution < -0.4 is 0 Å². The van der Waals surface area contributed by atoms with Crippen molar-refractivity contribution in [2.75, 3.05) is 26.2 Å². The topological polar surface area (TPSA) is 43.8 Å². The zero-order valence-electron chi connectivity index (χ0n) is 14.1. The molecule has 1 heterocycles. The quantitative estimate of drug-likeness (QED) is 0.742. The van der Waals surface area contributed by atoms with Gasteiger partial charge in [-0.05, 0) is 18.1 Å². The highest BCUT2D eigenvalue weighted by Gasteiger charge is 2.27. The Labute approximate surface area is 167 Å². The van der Waals surface area contributed by atoms with E-state index in [1.54, 1.807) is 4.90 Å². The number of hydrogen-bond donors (Lipinski definition) is 1. The normalized spacial score (nSPS) is 15.7. The van der Waals surface area contributed by atoms with Crippen molar-refractivity contribution in [1.29, 1.82) is 0 Å². The summed E-state index contributed by atoms with van der Waals surface area (Å²) in [5.74, 6) is -0.671. The second-order valence-electron chi connectivity index (χ2n) is 6.29. The molecule has 1 fully saturated rings. The third kappa shape index (κ3) is 4.26. The first-order valence-corrected chi connectivity index (χ1v) is 9.52. The molecule has 1 amide bonds. The van der Waals surface area contributed by atoms with E-state index in [1.165, 1.54) is 11.6 Å². The molecule has 0 saturated carbocycles. The predicted octanol–water partition coefficient (Wildman–Crippen LogP) is 4.70. The van der Waals surface area contributed by atoms with E-state index in [4.69, 9.17) is 34.8 Å². The fourth-order valence-corrected chi connectivity index (χ4v) is 3.80. The average Bonchev–Trinajstić information content (AvgIpc) is 2.87. The number of carbonyl (C=O) groups excluding carboxylic acids is 1. The SMILES string of the molecule is O=C(c1c(O)c(Cl)cc(Cl)c1Cl)N1CCCN(Cc2ccccc2)CC1. The first-order chi connectivity index (χ1) is 12.5. The van der Waals surface area contributed by atoms with E-state index in [-0.39, 0.29) is 32.3 Å². The van der Waals surface area contributed by atoms with Crippen molar-refractivity contribution >= 4 is 40.7 Å². The molecule has 2 aromatic rings. The van der Waals surface area contributed by atoms with Crippen molar-refractivity contribution in [3.63, 3.8) is 0 Å². The van der Waals surface area contributed by atoms with Crippen molar-refractivity contribution in [3.05, 3.63) is 62.6 Å². The van der Waals surface area contributed by atoms with Gasteiger partial charge in [0.1, 0.15) is 11.3 Å². The monoisotopic (exact) mass is 412 g/mol. The fourth-order valence-electron chi connectivity index (χ4n) is 3.11. The van der Waals surface area contributed by atoms with Crippen LogP contribution in [0.25, 0.3) is 0 Å². The molecule has 0 aliphatic carbocycles. The Bertz CT molecular complexity index is 773. The van der Waals surface area contributed by atoms with Gasteiger partial charge in [-0.25, -0.2) is 0 Å². The summed E-state index contributed by atoms with van der Waals surface area (Å²) in [6, 6.07) is 11.6. The zero-order valence-corrected chi connectivity index (χ0v) is 16.4. The standard InChI is InChI=1S/C19H19Cl3N2O2/c20-14-11-15(21)18(25)16(17(14)22)19(26)24-8-4-7-23(9-10-24)12-13-5-2-1-3-6-13/h1-3,5-6,11,25H,4,7-10,12H2. The smallest absolute Gasteiger partial charge is 0.259 e. The van der Waals surface area contributed by atoms with E-state index in [0.717, 1.165) is 26.1 Å². The van der Waals surface area contributed by atoms with Crippen LogP contribution in [0, 0.1) is 0 Å². The number of carbonyl (C=O) groups is 1. The van der Waals surface area contributed by atoms with Gasteiger partial charge < -0.3 is 10.0 Å². The number of hydrogen-bond acceptors (Lipinski definition) is 3. The molecule has 1 aliphatic rings. The molecular formula is C19H19Cl3N2O2. The van der Waals surface area contributed by atoms with Crippen LogP contribution in [0.1, 0.15) is 22.3 Å². The van der Waals surface area contributed by atoms with Gasteiger partial charge in [-0.2, -0.15) is 0 Å². The Morgan fingerprint density at radius 2 is 1.73 bits per heavy atom. The molecule has 0 bridgehead atoms. The Morgan fingerprint density at radius 1 is 1.00 bits per heavy atom. The van der Waals surface area contributed by atoms with E-state index < -0.39 is 0 Å². The lowest BCUT2D eigenvalue weighted by molar-refractivity contribution is 0.0758. The average molecular weight is 414 g/mol. The number of amides is 1. The van der Waals surface area contributed by atoms with Gasteiger partial charge in [0, 0.05) is 32.7 Å². The van der Waals surface area contributed by atoms with Gasteiger partial charge in [0.05, 0.1) is 15.1 Å². The zero-order chi connectivity index (χ0) is 18.7. The van der Waals surface area contributed by atoms with Gasteiger partial charge in [-0.1, -0.05) is 65.1 Å². The van der Waals surface area contributed by atoms with Crippen LogP contribution in [0.15, 0.2) is 36.4 Å². The number of aromatic hydroxyl groups is 1. The molecule has 138 valence electrons. The Hall–Kier alpha value is -1.46. The minimum atomic E-state index is -0.349. The van der Waals surface area contributed by atoms with Crippen LogP contribution in [-0.4, -0.2) is 47.0 Å². The number of nitrogens with zero attached hydrogens (tertiary/aromatic N) is 2. The number of benzene rings is 2. The summed E-state index contributed by atoms with van der Waals surface area (Å²) in [7, 11) is 0. The van der Waals surface area contributed by atoms with Gasteiger partial charge in [0.15, 0.2) is 0 Å². The Balaban J connectivity index is 1.72. The number of rotatable bonds is 3. The summed E-state index contributed by atoms with van der Waals surface area (Å²) in [5, 5.41) is 10.4. The maximum Gasteiger partial charge on any atom is 0.259 e. The molecule has 0 unspecified atom stereocenters. The van der Waals surface area contributed by atoms with Gasteiger partial charge >= 0.3 is 0 Å². The minimum absolute atomic E-state index is 0.0169. The Kier molecular flexibility index (Phi) is 6.30. The third-order valence-corrected chi connectivity index (χ3v) is 5.56. The number of phenols is 1. The molecule has 0 radical (unpaired) electrons. The van der Waals surface area contributed by atoms with Gasteiger partial charge in [0.25, 0.3) is 5.91 Å². The molecule has 1 saturated heterocycles. The molecule has 4 nitrogen and oxygen atoms in total. The van der Waals surface area contributed by atoms with Crippen molar-refractivity contribution in [2.24, 2.45) is 0 Å². The highest BCUT2D eigenvalue weighted by molar-refractivity contribution is 6.45. The molecule has 0 spiro atoms. The van der Waals surface area contributed by atoms with Crippen LogP contribution in [0.5, 0.6) is 5.75 Å². The molecule has 2 aromatic carbocycles. The Morgan fingerprint density at radius 3 is 2.46 bits per heavy atom. The largest absolute Gasteiger partial charge is 0.505 e. The number of halogens is 3. The van der Waals surface area contributed by atoms with Crippen LogP contribution in [0.4, 0.5) is 0 Å². The van der Waals surface area contributed by atoms with Crippen molar-refractivity contribution < 1.29 is 9.90 Å². The van der Waals surface area contributed by atoms with Crippen LogP contribution in [-0.2, 0) is 6.54 Å². The number of phenolic OH excluding ortho intramolecular Hbond substituents is 1. The van der Waals surface area contributed by atoms with Crippen molar-refractivity contribution in [3.8, 4) is 5.75 Å². The van der Waals surface area contributed by atoms with Crippen LogP contribution >= 0.6 is 34.8 Å². The lowest BCUT2D eigenvalue weighted by Crippen LogP contribution is -2.35.